The van der Waals surface area contributed by atoms with Crippen molar-refractivity contribution in [3.8, 4) is 33.6 Å². The van der Waals surface area contributed by atoms with E-state index in [4.69, 9.17) is 13.3 Å². The van der Waals surface area contributed by atoms with Gasteiger partial charge >= 0.3 is 0 Å². The topological polar surface area (TPSA) is 49.3 Å². The van der Waals surface area contributed by atoms with Gasteiger partial charge in [-0.25, -0.2) is 0 Å². The Bertz CT molecular complexity index is 4210. The summed E-state index contributed by atoms with van der Waals surface area (Å²) in [5, 5.41) is 11.5. The van der Waals surface area contributed by atoms with E-state index in [0.29, 0.717) is 0 Å². The first-order chi connectivity index (χ1) is 32.2. The molecule has 10 aromatic carbocycles. The lowest BCUT2D eigenvalue weighted by atomic mass is 10.0. The van der Waals surface area contributed by atoms with Crippen molar-refractivity contribution in [2.45, 2.75) is 0 Å². The average molecular weight is 831 g/mol. The summed E-state index contributed by atoms with van der Waals surface area (Å²) < 4.78 is 23.6. The van der Waals surface area contributed by atoms with Crippen LogP contribution in [0.5, 0.6) is 0 Å². The fourth-order valence-electron chi connectivity index (χ4n) is 10.7. The van der Waals surface area contributed by atoms with Gasteiger partial charge in [0, 0.05) is 65.2 Å². The van der Waals surface area contributed by atoms with Gasteiger partial charge in [0.2, 0.25) is 0 Å². The van der Waals surface area contributed by atoms with Crippen molar-refractivity contribution in [2.75, 3.05) is 0 Å². The van der Waals surface area contributed by atoms with Gasteiger partial charge < -0.3 is 22.4 Å². The van der Waals surface area contributed by atoms with Crippen molar-refractivity contribution >= 4 is 109 Å². The Morgan fingerprint density at radius 3 is 0.969 bits per heavy atom. The monoisotopic (exact) mass is 830 g/mol. The van der Waals surface area contributed by atoms with Crippen molar-refractivity contribution in [1.82, 2.24) is 9.13 Å². The fraction of sp³-hybridized carbons (Fsp3) is 0. The standard InChI is InChI=1S/C60H34N2O3/c1-5-13-51-41(9-1)45-29-35(37-19-25-57-47(31-37)43-11-3-7-15-55(43)63-57)17-23-53(45)61(51)39-21-27-59-49(33-39)50-34-40(22-28-60(50)65-59)62-52-14-6-2-10-42(52)46-30-36(18-24-54(46)62)38-20-26-58-48(32-38)44-12-4-8-16-56(44)64-58/h1-34H. The average Bonchev–Trinajstić information content (AvgIpc) is 4.17. The summed E-state index contributed by atoms with van der Waals surface area (Å²) in [6.07, 6.45) is 0. The Hall–Kier alpha value is -8.80. The van der Waals surface area contributed by atoms with Gasteiger partial charge in [-0.3, -0.25) is 0 Å². The molecule has 0 aliphatic carbocycles. The molecule has 0 spiro atoms. The zero-order valence-electron chi connectivity index (χ0n) is 34.7. The summed E-state index contributed by atoms with van der Waals surface area (Å²) in [5.74, 6) is 0. The molecule has 0 saturated carbocycles. The lowest BCUT2D eigenvalue weighted by molar-refractivity contribution is 0.668. The predicted molar refractivity (Wildman–Crippen MR) is 268 cm³/mol. The minimum Gasteiger partial charge on any atom is -0.456 e. The van der Waals surface area contributed by atoms with Crippen LogP contribution in [0.2, 0.25) is 0 Å². The Morgan fingerprint density at radius 1 is 0.215 bits per heavy atom. The molecule has 0 fully saturated rings. The van der Waals surface area contributed by atoms with Crippen molar-refractivity contribution in [3.05, 3.63) is 206 Å². The minimum absolute atomic E-state index is 0.861. The molecule has 0 amide bonds. The smallest absolute Gasteiger partial charge is 0.135 e. The van der Waals surface area contributed by atoms with Gasteiger partial charge in [-0.1, -0.05) is 97.1 Å². The highest BCUT2D eigenvalue weighted by atomic mass is 16.3. The molecule has 15 rings (SSSR count). The Morgan fingerprint density at radius 2 is 0.523 bits per heavy atom. The van der Waals surface area contributed by atoms with Crippen LogP contribution < -0.4 is 0 Å². The summed E-state index contributed by atoms with van der Waals surface area (Å²) in [6, 6.07) is 73.9. The highest BCUT2D eigenvalue weighted by Gasteiger charge is 2.19. The molecule has 0 N–H and O–H groups in total. The van der Waals surface area contributed by atoms with Crippen LogP contribution in [-0.4, -0.2) is 9.13 Å². The number of rotatable bonds is 4. The molecular weight excluding hydrogens is 797 g/mol. The maximum atomic E-state index is 6.55. The van der Waals surface area contributed by atoms with Gasteiger partial charge in [0.05, 0.1) is 22.1 Å². The number of benzene rings is 10. The zero-order valence-corrected chi connectivity index (χ0v) is 34.7. The summed E-state index contributed by atoms with van der Waals surface area (Å²) in [5.41, 5.74) is 16.8. The number of para-hydroxylation sites is 4. The molecule has 5 aromatic heterocycles. The van der Waals surface area contributed by atoms with Gasteiger partial charge in [0.25, 0.3) is 0 Å². The number of aromatic nitrogens is 2. The number of nitrogens with zero attached hydrogens (tertiary/aromatic N) is 2. The molecule has 0 bridgehead atoms. The van der Waals surface area contributed by atoms with Crippen LogP contribution in [-0.2, 0) is 0 Å². The maximum absolute atomic E-state index is 6.55. The molecule has 5 nitrogen and oxygen atoms in total. The second-order valence-corrected chi connectivity index (χ2v) is 17.3. The van der Waals surface area contributed by atoms with E-state index < -0.39 is 0 Å². The van der Waals surface area contributed by atoms with E-state index in [1.54, 1.807) is 0 Å². The molecule has 0 radical (unpaired) electrons. The second-order valence-electron chi connectivity index (χ2n) is 17.3. The Kier molecular flexibility index (Phi) is 6.89. The zero-order chi connectivity index (χ0) is 42.3. The maximum Gasteiger partial charge on any atom is 0.135 e. The van der Waals surface area contributed by atoms with E-state index in [-0.39, 0.29) is 0 Å². The first kappa shape index (κ1) is 34.7. The number of fused-ring (bicyclic) bond motifs is 15. The van der Waals surface area contributed by atoms with Crippen molar-refractivity contribution in [3.63, 3.8) is 0 Å². The fourth-order valence-corrected chi connectivity index (χ4v) is 10.7. The quantitative estimate of drug-likeness (QED) is 0.177. The number of hydrogen-bond donors (Lipinski definition) is 0. The van der Waals surface area contributed by atoms with Crippen LogP contribution in [0.3, 0.4) is 0 Å². The van der Waals surface area contributed by atoms with E-state index in [9.17, 15) is 0 Å². The van der Waals surface area contributed by atoms with Crippen LogP contribution in [0, 0.1) is 0 Å². The SMILES string of the molecule is c1ccc2c(c1)oc1ccc(-c3ccc4c(c3)c3ccccc3n4-c3ccc4oc5ccc(-n6c7ccccc7c7cc(-c8ccc9oc%10ccccc%10c9c8)ccc76)cc5c4c3)cc12. The van der Waals surface area contributed by atoms with Crippen molar-refractivity contribution < 1.29 is 13.3 Å². The molecular formula is C60H34N2O3. The summed E-state index contributed by atoms with van der Waals surface area (Å²) in [4.78, 5) is 0. The molecule has 302 valence electrons. The van der Waals surface area contributed by atoms with Crippen molar-refractivity contribution in [2.24, 2.45) is 0 Å². The van der Waals surface area contributed by atoms with Crippen LogP contribution >= 0.6 is 0 Å². The lowest BCUT2D eigenvalue weighted by Gasteiger charge is -2.10. The Labute approximate surface area is 370 Å². The molecule has 5 heteroatoms. The van der Waals surface area contributed by atoms with Gasteiger partial charge in [0.15, 0.2) is 0 Å². The van der Waals surface area contributed by atoms with E-state index >= 15 is 0 Å². The molecule has 15 aromatic rings. The molecule has 5 heterocycles. The first-order valence-corrected chi connectivity index (χ1v) is 22.1. The molecule has 0 saturated heterocycles. The van der Waals surface area contributed by atoms with E-state index in [2.05, 4.69) is 191 Å². The number of hydrogen-bond acceptors (Lipinski definition) is 3. The van der Waals surface area contributed by atoms with Gasteiger partial charge in [-0.05, 0) is 131 Å². The van der Waals surface area contributed by atoms with E-state index in [0.717, 1.165) is 110 Å². The van der Waals surface area contributed by atoms with Crippen LogP contribution in [0.4, 0.5) is 0 Å². The van der Waals surface area contributed by atoms with E-state index in [1.165, 1.54) is 32.7 Å². The van der Waals surface area contributed by atoms with Crippen LogP contribution in [0.25, 0.3) is 143 Å². The predicted octanol–water partition coefficient (Wildman–Crippen LogP) is 16.9. The molecule has 0 atom stereocenters. The summed E-state index contributed by atoms with van der Waals surface area (Å²) >= 11 is 0. The molecule has 0 unspecified atom stereocenters. The van der Waals surface area contributed by atoms with Gasteiger partial charge in [0.1, 0.15) is 33.5 Å². The van der Waals surface area contributed by atoms with Crippen LogP contribution in [0.1, 0.15) is 0 Å². The molecule has 0 aliphatic heterocycles. The first-order valence-electron chi connectivity index (χ1n) is 22.1. The third-order valence-electron chi connectivity index (χ3n) is 13.7. The largest absolute Gasteiger partial charge is 0.456 e. The molecule has 0 aliphatic rings. The van der Waals surface area contributed by atoms with E-state index in [1.807, 2.05) is 24.3 Å². The third kappa shape index (κ3) is 4.98. The number of furan rings is 3. The Balaban J connectivity index is 0.862. The van der Waals surface area contributed by atoms with Crippen molar-refractivity contribution in [1.29, 1.82) is 0 Å². The summed E-state index contributed by atoms with van der Waals surface area (Å²) in [7, 11) is 0. The van der Waals surface area contributed by atoms with Gasteiger partial charge in [-0.2, -0.15) is 0 Å². The second kappa shape index (κ2) is 12.9. The normalized spacial score (nSPS) is 12.3. The summed E-state index contributed by atoms with van der Waals surface area (Å²) in [6.45, 7) is 0. The third-order valence-corrected chi connectivity index (χ3v) is 13.7. The minimum atomic E-state index is 0.861. The highest BCUT2D eigenvalue weighted by Crippen LogP contribution is 2.41. The lowest BCUT2D eigenvalue weighted by Crippen LogP contribution is -1.94. The van der Waals surface area contributed by atoms with Gasteiger partial charge in [-0.15, -0.1) is 0 Å². The van der Waals surface area contributed by atoms with Crippen LogP contribution in [0.15, 0.2) is 220 Å². The molecule has 65 heavy (non-hydrogen) atoms. The highest BCUT2D eigenvalue weighted by molar-refractivity contribution is 6.14.